The second-order valence-corrected chi connectivity index (χ2v) is 4.68. The molecule has 0 aliphatic carbocycles. The van der Waals surface area contributed by atoms with E-state index < -0.39 is 17.2 Å². The Hall–Kier alpha value is -2.63. The van der Waals surface area contributed by atoms with Gasteiger partial charge in [-0.15, -0.1) is 0 Å². The zero-order valence-corrected chi connectivity index (χ0v) is 11.2. The van der Waals surface area contributed by atoms with Crippen molar-refractivity contribution < 1.29 is 4.79 Å². The molecule has 0 atom stereocenters. The van der Waals surface area contributed by atoms with Gasteiger partial charge in [0.2, 0.25) is 0 Å². The minimum absolute atomic E-state index is 0.136. The molecule has 0 spiro atoms. The van der Waals surface area contributed by atoms with E-state index in [0.717, 1.165) is 11.8 Å². The first-order chi connectivity index (χ1) is 9.49. The Labute approximate surface area is 114 Å². The molecule has 3 N–H and O–H groups in total. The third kappa shape index (κ3) is 2.85. The van der Waals surface area contributed by atoms with E-state index in [0.29, 0.717) is 5.69 Å². The highest BCUT2D eigenvalue weighted by molar-refractivity contribution is 6.04. The summed E-state index contributed by atoms with van der Waals surface area (Å²) in [6.45, 7) is 4.02. The van der Waals surface area contributed by atoms with Crippen molar-refractivity contribution in [1.29, 1.82) is 0 Å². The summed E-state index contributed by atoms with van der Waals surface area (Å²) in [6, 6.07) is 7.38. The van der Waals surface area contributed by atoms with Crippen LogP contribution in [0.3, 0.4) is 0 Å². The zero-order valence-electron chi connectivity index (χ0n) is 11.2. The van der Waals surface area contributed by atoms with Crippen molar-refractivity contribution in [1.82, 2.24) is 9.97 Å². The monoisotopic (exact) mass is 273 g/mol. The van der Waals surface area contributed by atoms with Crippen molar-refractivity contribution in [2.24, 2.45) is 0 Å². The molecule has 0 radical (unpaired) electrons. The normalized spacial score (nSPS) is 10.6. The number of amides is 1. The first kappa shape index (κ1) is 13.8. The first-order valence-electron chi connectivity index (χ1n) is 6.21. The van der Waals surface area contributed by atoms with Gasteiger partial charge in [0.1, 0.15) is 5.56 Å². The molecule has 1 amide bonds. The van der Waals surface area contributed by atoms with E-state index in [1.807, 2.05) is 31.0 Å². The summed E-state index contributed by atoms with van der Waals surface area (Å²) in [5, 5.41) is 2.69. The Morgan fingerprint density at radius 3 is 2.55 bits per heavy atom. The summed E-state index contributed by atoms with van der Waals surface area (Å²) >= 11 is 0. The van der Waals surface area contributed by atoms with Gasteiger partial charge in [-0.2, -0.15) is 0 Å². The number of benzene rings is 1. The lowest BCUT2D eigenvalue weighted by Crippen LogP contribution is -2.29. The second kappa shape index (κ2) is 5.56. The van der Waals surface area contributed by atoms with E-state index in [9.17, 15) is 14.4 Å². The molecule has 0 saturated heterocycles. The number of nitrogens with one attached hydrogen (secondary N) is 3. The highest BCUT2D eigenvalue weighted by Gasteiger charge is 2.13. The van der Waals surface area contributed by atoms with E-state index in [4.69, 9.17) is 0 Å². The molecule has 1 aromatic carbocycles. The van der Waals surface area contributed by atoms with Crippen LogP contribution in [0.4, 0.5) is 5.69 Å². The fourth-order valence-electron chi connectivity index (χ4n) is 1.88. The molecule has 1 aromatic heterocycles. The summed E-state index contributed by atoms with van der Waals surface area (Å²) in [4.78, 5) is 38.8. The van der Waals surface area contributed by atoms with Crippen molar-refractivity contribution in [2.75, 3.05) is 5.32 Å². The van der Waals surface area contributed by atoms with Crippen LogP contribution < -0.4 is 16.6 Å². The van der Waals surface area contributed by atoms with Crippen molar-refractivity contribution in [3.05, 3.63) is 62.4 Å². The number of hydrogen-bond acceptors (Lipinski definition) is 3. The number of anilines is 1. The Morgan fingerprint density at radius 1 is 1.20 bits per heavy atom. The molecule has 104 valence electrons. The van der Waals surface area contributed by atoms with Crippen molar-refractivity contribution in [3.63, 3.8) is 0 Å². The number of hydrogen-bond donors (Lipinski definition) is 3. The maximum atomic E-state index is 12.1. The van der Waals surface area contributed by atoms with Gasteiger partial charge in [-0.3, -0.25) is 14.6 Å². The van der Waals surface area contributed by atoms with E-state index in [2.05, 4.69) is 10.3 Å². The maximum Gasteiger partial charge on any atom is 0.325 e. The summed E-state index contributed by atoms with van der Waals surface area (Å²) in [6.07, 6.45) is 1.11. The van der Waals surface area contributed by atoms with Gasteiger partial charge in [-0.1, -0.05) is 32.0 Å². The van der Waals surface area contributed by atoms with E-state index in [-0.39, 0.29) is 11.5 Å². The van der Waals surface area contributed by atoms with E-state index >= 15 is 0 Å². The SMILES string of the molecule is CC(C)c1ccccc1NC(=O)c1c[nH]c(=O)[nH]c1=O. The van der Waals surface area contributed by atoms with E-state index in [1.165, 1.54) is 0 Å². The molecule has 2 rings (SSSR count). The fraction of sp³-hybridized carbons (Fsp3) is 0.214. The fourth-order valence-corrected chi connectivity index (χ4v) is 1.88. The average Bonchev–Trinajstić information content (AvgIpc) is 2.38. The number of carbonyl (C=O) groups is 1. The maximum absolute atomic E-state index is 12.1. The molecular formula is C14H15N3O3. The number of rotatable bonds is 3. The Bertz CT molecular complexity index is 744. The van der Waals surface area contributed by atoms with Gasteiger partial charge < -0.3 is 10.3 Å². The molecule has 6 heteroatoms. The summed E-state index contributed by atoms with van der Waals surface area (Å²) in [5.74, 6) is -0.323. The van der Waals surface area contributed by atoms with Crippen molar-refractivity contribution in [3.8, 4) is 0 Å². The van der Waals surface area contributed by atoms with E-state index in [1.54, 1.807) is 12.1 Å². The van der Waals surface area contributed by atoms with Crippen LogP contribution in [0.15, 0.2) is 40.1 Å². The van der Waals surface area contributed by atoms with Crippen LogP contribution in [-0.4, -0.2) is 15.9 Å². The average molecular weight is 273 g/mol. The quantitative estimate of drug-likeness (QED) is 0.789. The highest BCUT2D eigenvalue weighted by Crippen LogP contribution is 2.23. The molecule has 0 unspecified atom stereocenters. The topological polar surface area (TPSA) is 94.8 Å². The molecule has 2 aromatic rings. The highest BCUT2D eigenvalue weighted by atomic mass is 16.2. The number of aromatic nitrogens is 2. The van der Waals surface area contributed by atoms with Crippen LogP contribution in [0.2, 0.25) is 0 Å². The van der Waals surface area contributed by atoms with Gasteiger partial charge in [-0.25, -0.2) is 4.79 Å². The van der Waals surface area contributed by atoms with Crippen LogP contribution in [0.5, 0.6) is 0 Å². The standard InChI is InChI=1S/C14H15N3O3/c1-8(2)9-5-3-4-6-11(9)16-12(18)10-7-15-14(20)17-13(10)19/h3-8H,1-2H3,(H,16,18)(H2,15,17,19,20). The van der Waals surface area contributed by atoms with Crippen LogP contribution in [0.1, 0.15) is 35.7 Å². The predicted octanol–water partition coefficient (Wildman–Crippen LogP) is 1.44. The number of carbonyl (C=O) groups excluding carboxylic acids is 1. The molecule has 20 heavy (non-hydrogen) atoms. The minimum Gasteiger partial charge on any atom is -0.322 e. The lowest BCUT2D eigenvalue weighted by molar-refractivity contribution is 0.102. The Kier molecular flexibility index (Phi) is 3.84. The number of H-pyrrole nitrogens is 2. The predicted molar refractivity (Wildman–Crippen MR) is 76.2 cm³/mol. The summed E-state index contributed by atoms with van der Waals surface area (Å²) in [7, 11) is 0. The van der Waals surface area contributed by atoms with Gasteiger partial charge in [0.15, 0.2) is 0 Å². The smallest absolute Gasteiger partial charge is 0.322 e. The lowest BCUT2D eigenvalue weighted by Gasteiger charge is -2.13. The van der Waals surface area contributed by atoms with Crippen LogP contribution >= 0.6 is 0 Å². The molecule has 6 nitrogen and oxygen atoms in total. The summed E-state index contributed by atoms with van der Waals surface area (Å²) in [5.41, 5.74) is 0.130. The largest absolute Gasteiger partial charge is 0.325 e. The number of aromatic amines is 2. The Morgan fingerprint density at radius 2 is 1.90 bits per heavy atom. The van der Waals surface area contributed by atoms with Crippen molar-refractivity contribution >= 4 is 11.6 Å². The van der Waals surface area contributed by atoms with Crippen LogP contribution in [-0.2, 0) is 0 Å². The molecule has 0 saturated carbocycles. The van der Waals surface area contributed by atoms with Gasteiger partial charge >= 0.3 is 5.69 Å². The van der Waals surface area contributed by atoms with Crippen LogP contribution in [0.25, 0.3) is 0 Å². The molecule has 1 heterocycles. The molecule has 0 fully saturated rings. The molecule has 0 aliphatic rings. The molecule has 0 bridgehead atoms. The third-order valence-corrected chi connectivity index (χ3v) is 2.89. The van der Waals surface area contributed by atoms with Crippen molar-refractivity contribution in [2.45, 2.75) is 19.8 Å². The van der Waals surface area contributed by atoms with Gasteiger partial charge in [0.05, 0.1) is 0 Å². The first-order valence-corrected chi connectivity index (χ1v) is 6.21. The van der Waals surface area contributed by atoms with Gasteiger partial charge in [0, 0.05) is 11.9 Å². The number of para-hydroxylation sites is 1. The van der Waals surface area contributed by atoms with Crippen LogP contribution in [0, 0.1) is 0 Å². The third-order valence-electron chi connectivity index (χ3n) is 2.89. The second-order valence-electron chi connectivity index (χ2n) is 4.68. The van der Waals surface area contributed by atoms with Gasteiger partial charge in [-0.05, 0) is 17.5 Å². The summed E-state index contributed by atoms with van der Waals surface area (Å²) < 4.78 is 0. The lowest BCUT2D eigenvalue weighted by atomic mass is 10.0. The minimum atomic E-state index is -0.715. The molecule has 0 aliphatic heterocycles. The van der Waals surface area contributed by atoms with Gasteiger partial charge in [0.25, 0.3) is 11.5 Å². The Balaban J connectivity index is 2.33. The zero-order chi connectivity index (χ0) is 14.7. The molecular weight excluding hydrogens is 258 g/mol.